The second-order valence-electron chi connectivity index (χ2n) is 17.4. The van der Waals surface area contributed by atoms with Gasteiger partial charge < -0.3 is 24.4 Å². The average molecular weight is 731 g/mol. The first-order valence-corrected chi connectivity index (χ1v) is 25.7. The molecule has 0 spiro atoms. The Balaban J connectivity index is 1.56. The highest BCUT2D eigenvalue weighted by molar-refractivity contribution is 6.76. The number of nitrogens with zero attached hydrogens (tertiary/aromatic N) is 6. The van der Waals surface area contributed by atoms with Gasteiger partial charge in [-0.25, -0.2) is 9.78 Å². The fourth-order valence-electron chi connectivity index (χ4n) is 6.50. The Hall–Kier alpha value is -3.59. The summed E-state index contributed by atoms with van der Waals surface area (Å²) in [5, 5.41) is 15.0. The van der Waals surface area contributed by atoms with Crippen molar-refractivity contribution in [2.75, 3.05) is 38.1 Å². The van der Waals surface area contributed by atoms with Crippen molar-refractivity contribution in [1.82, 2.24) is 24.5 Å². The first kappa shape index (κ1) is 38.6. The predicted molar refractivity (Wildman–Crippen MR) is 212 cm³/mol. The van der Waals surface area contributed by atoms with E-state index in [9.17, 15) is 9.90 Å². The molecule has 1 aromatic carbocycles. The lowest BCUT2D eigenvalue weighted by atomic mass is 9.76. The zero-order valence-corrected chi connectivity index (χ0v) is 34.1. The third kappa shape index (κ3) is 10.3. The molecule has 4 aromatic rings. The molecule has 0 radical (unpaired) electrons. The molecule has 0 aliphatic carbocycles. The molecule has 2 atom stereocenters. The van der Waals surface area contributed by atoms with E-state index >= 15 is 0 Å². The number of hydrogen-bond donors (Lipinski definition) is 1. The van der Waals surface area contributed by atoms with Crippen molar-refractivity contribution >= 4 is 33.7 Å². The van der Waals surface area contributed by atoms with Gasteiger partial charge in [0.2, 0.25) is 0 Å². The fourth-order valence-corrected chi connectivity index (χ4v) is 8.01. The number of likely N-dealkylation sites (tertiary alicyclic amines) is 1. The maximum Gasteiger partial charge on any atom is 0.407 e. The summed E-state index contributed by atoms with van der Waals surface area (Å²) >= 11 is 0. The Kier molecular flexibility index (Phi) is 12.1. The Morgan fingerprint density at radius 3 is 2.12 bits per heavy atom. The highest BCUT2D eigenvalue weighted by Crippen LogP contribution is 2.40. The summed E-state index contributed by atoms with van der Waals surface area (Å²) in [6.07, 6.45) is 4.28. The molecular formula is C39H58N6O4Si2. The number of aromatic nitrogens is 4. The number of amides is 1. The number of pyridine rings is 1. The molecule has 51 heavy (non-hydrogen) atoms. The summed E-state index contributed by atoms with van der Waals surface area (Å²) in [6, 6.07) is 18.4. The Bertz CT molecular complexity index is 1720. The number of fused-ring (bicyclic) bond motifs is 1. The van der Waals surface area contributed by atoms with E-state index in [1.165, 1.54) is 0 Å². The largest absolute Gasteiger partial charge is 0.465 e. The van der Waals surface area contributed by atoms with E-state index in [-0.39, 0.29) is 17.4 Å². The highest BCUT2D eigenvalue weighted by atomic mass is 28.3. The van der Waals surface area contributed by atoms with Crippen LogP contribution in [0.2, 0.25) is 51.4 Å². The van der Waals surface area contributed by atoms with Crippen LogP contribution in [0.4, 0.5) is 10.6 Å². The quantitative estimate of drug-likeness (QED) is 0.0778. The van der Waals surface area contributed by atoms with Crippen LogP contribution in [-0.4, -0.2) is 91.1 Å². The minimum Gasteiger partial charge on any atom is -0.465 e. The number of rotatable bonds is 14. The molecule has 4 heterocycles. The number of hydrogen-bond acceptors (Lipinski definition) is 7. The summed E-state index contributed by atoms with van der Waals surface area (Å²) < 4.78 is 14.6. The SMILES string of the molecule is CC(C)(C)C1CC(c2cc(N(COCC[Si](C)(C)C)COCC[Si](C)(C)C)n3ncc(-c4ccc(-c5ccccc5)nc4)c3n2)CCN1C(=O)O. The highest BCUT2D eigenvalue weighted by Gasteiger charge is 2.40. The summed E-state index contributed by atoms with van der Waals surface area (Å²) in [4.78, 5) is 26.2. The third-order valence-electron chi connectivity index (χ3n) is 9.69. The second kappa shape index (κ2) is 16.0. The van der Waals surface area contributed by atoms with Crippen LogP contribution >= 0.6 is 0 Å². The summed E-state index contributed by atoms with van der Waals surface area (Å²) in [7, 11) is -2.56. The Morgan fingerprint density at radius 2 is 1.57 bits per heavy atom. The zero-order valence-electron chi connectivity index (χ0n) is 32.1. The van der Waals surface area contributed by atoms with Gasteiger partial charge in [-0.3, -0.25) is 4.98 Å². The van der Waals surface area contributed by atoms with Crippen LogP contribution < -0.4 is 4.90 Å². The van der Waals surface area contributed by atoms with Crippen LogP contribution in [0.1, 0.15) is 45.2 Å². The molecule has 1 aliphatic rings. The van der Waals surface area contributed by atoms with Crippen molar-refractivity contribution in [3.05, 3.63) is 66.6 Å². The van der Waals surface area contributed by atoms with Crippen molar-refractivity contribution in [3.8, 4) is 22.4 Å². The van der Waals surface area contributed by atoms with Crippen LogP contribution in [0.5, 0.6) is 0 Å². The molecule has 3 aromatic heterocycles. The maximum absolute atomic E-state index is 12.3. The Morgan fingerprint density at radius 1 is 0.922 bits per heavy atom. The van der Waals surface area contributed by atoms with Gasteiger partial charge in [0.05, 0.1) is 11.9 Å². The van der Waals surface area contributed by atoms with Gasteiger partial charge in [0.25, 0.3) is 0 Å². The van der Waals surface area contributed by atoms with Crippen LogP contribution in [0, 0.1) is 5.41 Å². The van der Waals surface area contributed by atoms with Crippen molar-refractivity contribution in [1.29, 1.82) is 0 Å². The number of piperidine rings is 1. The summed E-state index contributed by atoms with van der Waals surface area (Å²) in [6.45, 7) is 23.1. The predicted octanol–water partition coefficient (Wildman–Crippen LogP) is 9.16. The van der Waals surface area contributed by atoms with Gasteiger partial charge in [-0.1, -0.05) is 96.5 Å². The molecular weight excluding hydrogens is 673 g/mol. The summed E-state index contributed by atoms with van der Waals surface area (Å²) in [5.41, 5.74) is 5.23. The van der Waals surface area contributed by atoms with Crippen molar-refractivity contribution in [2.24, 2.45) is 5.41 Å². The molecule has 1 N–H and O–H groups in total. The van der Waals surface area contributed by atoms with Gasteiger partial charge in [-0.05, 0) is 36.4 Å². The van der Waals surface area contributed by atoms with Gasteiger partial charge in [-0.2, -0.15) is 9.61 Å². The molecule has 2 unspecified atom stereocenters. The molecule has 1 fully saturated rings. The first-order valence-electron chi connectivity index (χ1n) is 18.3. The van der Waals surface area contributed by atoms with E-state index in [4.69, 9.17) is 24.5 Å². The number of benzene rings is 1. The minimum absolute atomic E-state index is 0.0670. The van der Waals surface area contributed by atoms with Gasteiger partial charge in [0.1, 0.15) is 19.3 Å². The molecule has 5 rings (SSSR count). The van der Waals surface area contributed by atoms with Gasteiger partial charge in [-0.15, -0.1) is 0 Å². The van der Waals surface area contributed by atoms with Crippen LogP contribution in [-0.2, 0) is 9.47 Å². The van der Waals surface area contributed by atoms with E-state index < -0.39 is 22.2 Å². The lowest BCUT2D eigenvalue weighted by Gasteiger charge is -2.44. The maximum atomic E-state index is 12.3. The Labute approximate surface area is 306 Å². The van der Waals surface area contributed by atoms with E-state index in [0.717, 1.165) is 51.6 Å². The van der Waals surface area contributed by atoms with E-state index in [1.807, 2.05) is 41.2 Å². The summed E-state index contributed by atoms with van der Waals surface area (Å²) in [5.74, 6) is 0.918. The molecule has 10 nitrogen and oxygen atoms in total. The lowest BCUT2D eigenvalue weighted by Crippen LogP contribution is -2.51. The number of anilines is 1. The van der Waals surface area contributed by atoms with Crippen LogP contribution in [0.3, 0.4) is 0 Å². The van der Waals surface area contributed by atoms with Gasteiger partial charge in [0.15, 0.2) is 5.65 Å². The van der Waals surface area contributed by atoms with Crippen LogP contribution in [0.25, 0.3) is 28.0 Å². The molecule has 0 saturated carbocycles. The fraction of sp³-hybridized carbons (Fsp3) is 0.538. The molecule has 1 amide bonds. The lowest BCUT2D eigenvalue weighted by molar-refractivity contribution is 0.0521. The third-order valence-corrected chi connectivity index (χ3v) is 13.1. The van der Waals surface area contributed by atoms with E-state index in [2.05, 4.69) is 89.2 Å². The molecule has 1 saturated heterocycles. The standard InChI is InChI=1S/C39H58N6O4Si2/c1-39(2,3)35-23-30(17-18-44(35)38(46)47)34-24-36(43(27-48-19-21-50(4,5)6)28-49-20-22-51(7,8)9)45-37(42-34)32(26-41-45)31-15-16-33(40-25-31)29-13-11-10-12-14-29/h10-16,24-26,30,35H,17-23,27-28H2,1-9H3,(H,46,47). The van der Waals surface area contributed by atoms with Crippen molar-refractivity contribution < 1.29 is 19.4 Å². The molecule has 12 heteroatoms. The zero-order chi connectivity index (χ0) is 37.0. The van der Waals surface area contributed by atoms with E-state index in [1.54, 1.807) is 4.90 Å². The normalized spacial score (nSPS) is 17.2. The van der Waals surface area contributed by atoms with Gasteiger partial charge in [0, 0.05) is 82.5 Å². The molecule has 0 bridgehead atoms. The smallest absolute Gasteiger partial charge is 0.407 e. The molecule has 1 aliphatic heterocycles. The second-order valence-corrected chi connectivity index (χ2v) is 28.7. The monoisotopic (exact) mass is 730 g/mol. The van der Waals surface area contributed by atoms with Crippen LogP contribution in [0.15, 0.2) is 60.9 Å². The molecule has 276 valence electrons. The first-order chi connectivity index (χ1) is 24.0. The number of carbonyl (C=O) groups is 1. The minimum atomic E-state index is -1.28. The number of carboxylic acid groups (broad SMARTS) is 1. The van der Waals surface area contributed by atoms with Crippen molar-refractivity contribution in [2.45, 2.75) is 96.9 Å². The average Bonchev–Trinajstić information content (AvgIpc) is 3.50. The number of ether oxygens (including phenoxy) is 2. The van der Waals surface area contributed by atoms with Crippen molar-refractivity contribution in [3.63, 3.8) is 0 Å². The topological polar surface area (TPSA) is 105 Å². The van der Waals surface area contributed by atoms with E-state index in [0.29, 0.717) is 46.1 Å². The van der Waals surface area contributed by atoms with Gasteiger partial charge >= 0.3 is 6.09 Å².